The van der Waals surface area contributed by atoms with Gasteiger partial charge in [-0.15, -0.1) is 0 Å². The minimum atomic E-state index is 0.697. The molecule has 0 atom stereocenters. The molecule has 26 heavy (non-hydrogen) atoms. The number of morpholine rings is 1. The van der Waals surface area contributed by atoms with Gasteiger partial charge in [0.05, 0.1) is 19.4 Å². The van der Waals surface area contributed by atoms with Crippen molar-refractivity contribution in [2.45, 2.75) is 19.6 Å². The fraction of sp³-hybridized carbons (Fsp3) is 0.474. The fourth-order valence-corrected chi connectivity index (χ4v) is 3.03. The van der Waals surface area contributed by atoms with Gasteiger partial charge in [-0.05, 0) is 11.1 Å². The Hall–Kier alpha value is -2.38. The van der Waals surface area contributed by atoms with Crippen molar-refractivity contribution >= 4 is 5.96 Å². The van der Waals surface area contributed by atoms with E-state index in [1.165, 1.54) is 11.1 Å². The zero-order valence-electron chi connectivity index (χ0n) is 15.6. The van der Waals surface area contributed by atoms with Gasteiger partial charge in [0.1, 0.15) is 0 Å². The zero-order chi connectivity index (χ0) is 18.2. The monoisotopic (exact) mass is 356 g/mol. The van der Waals surface area contributed by atoms with Gasteiger partial charge in [0.15, 0.2) is 5.96 Å². The Morgan fingerprint density at radius 2 is 1.88 bits per heavy atom. The summed E-state index contributed by atoms with van der Waals surface area (Å²) in [6.07, 6.45) is 3.86. The van der Waals surface area contributed by atoms with E-state index in [0.29, 0.717) is 6.54 Å². The Morgan fingerprint density at radius 3 is 2.58 bits per heavy atom. The van der Waals surface area contributed by atoms with Crippen LogP contribution in [0.4, 0.5) is 0 Å². The van der Waals surface area contributed by atoms with Crippen LogP contribution in [0.25, 0.3) is 0 Å². The van der Waals surface area contributed by atoms with Crippen molar-refractivity contribution in [2.75, 3.05) is 33.4 Å². The van der Waals surface area contributed by atoms with Crippen molar-refractivity contribution in [3.05, 3.63) is 53.3 Å². The lowest BCUT2D eigenvalue weighted by Crippen LogP contribution is -2.37. The Balaban J connectivity index is 1.54. The minimum absolute atomic E-state index is 0.697. The fourth-order valence-electron chi connectivity index (χ4n) is 3.03. The normalized spacial score (nSPS) is 15.8. The standard InChI is InChI=1S/C19H28N6O/c1-20-19(21-11-16-12-23-24(2)14-16)22-13-17-5-3-4-6-18(17)15-25-7-9-26-10-8-25/h3-6,12,14H,7-11,13,15H2,1-2H3,(H2,20,21,22). The topological polar surface area (TPSA) is 66.7 Å². The van der Waals surface area contributed by atoms with Gasteiger partial charge in [0.2, 0.25) is 0 Å². The number of nitrogens with one attached hydrogen (secondary N) is 2. The lowest BCUT2D eigenvalue weighted by Gasteiger charge is -2.27. The number of benzene rings is 1. The van der Waals surface area contributed by atoms with Gasteiger partial charge in [0, 0.05) is 58.6 Å². The van der Waals surface area contributed by atoms with Crippen LogP contribution in [0.15, 0.2) is 41.7 Å². The minimum Gasteiger partial charge on any atom is -0.379 e. The van der Waals surface area contributed by atoms with Crippen molar-refractivity contribution in [3.8, 4) is 0 Å². The van der Waals surface area contributed by atoms with Crippen molar-refractivity contribution < 1.29 is 4.74 Å². The highest BCUT2D eigenvalue weighted by Crippen LogP contribution is 2.13. The third-order valence-electron chi connectivity index (χ3n) is 4.50. The number of aryl methyl sites for hydroxylation is 1. The Bertz CT molecular complexity index is 720. The maximum absolute atomic E-state index is 5.44. The number of rotatable bonds is 6. The van der Waals surface area contributed by atoms with Gasteiger partial charge >= 0.3 is 0 Å². The maximum Gasteiger partial charge on any atom is 0.191 e. The van der Waals surface area contributed by atoms with Gasteiger partial charge in [-0.1, -0.05) is 24.3 Å². The summed E-state index contributed by atoms with van der Waals surface area (Å²) in [5, 5.41) is 10.9. The molecule has 2 heterocycles. The van der Waals surface area contributed by atoms with Crippen LogP contribution in [0.2, 0.25) is 0 Å². The van der Waals surface area contributed by atoms with E-state index in [1.54, 1.807) is 11.7 Å². The largest absolute Gasteiger partial charge is 0.379 e. The molecular weight excluding hydrogens is 328 g/mol. The first kappa shape index (κ1) is 18.4. The SMILES string of the molecule is CN=C(NCc1cnn(C)c1)NCc1ccccc1CN1CCOCC1. The Kier molecular flexibility index (Phi) is 6.62. The maximum atomic E-state index is 5.44. The summed E-state index contributed by atoms with van der Waals surface area (Å²) in [5.74, 6) is 0.787. The molecule has 7 nitrogen and oxygen atoms in total. The summed E-state index contributed by atoms with van der Waals surface area (Å²) < 4.78 is 7.24. The van der Waals surface area contributed by atoms with E-state index in [1.807, 2.05) is 19.4 Å². The molecule has 3 rings (SSSR count). The van der Waals surface area contributed by atoms with Gasteiger partial charge in [-0.3, -0.25) is 14.6 Å². The van der Waals surface area contributed by atoms with Crippen LogP contribution in [0.1, 0.15) is 16.7 Å². The molecule has 0 bridgehead atoms. The van der Waals surface area contributed by atoms with Crippen LogP contribution in [-0.4, -0.2) is 54.0 Å². The van der Waals surface area contributed by atoms with Gasteiger partial charge in [-0.25, -0.2) is 0 Å². The number of aromatic nitrogens is 2. The van der Waals surface area contributed by atoms with E-state index in [-0.39, 0.29) is 0 Å². The molecule has 0 amide bonds. The van der Waals surface area contributed by atoms with Gasteiger partial charge in [-0.2, -0.15) is 5.10 Å². The summed E-state index contributed by atoms with van der Waals surface area (Å²) >= 11 is 0. The second-order valence-corrected chi connectivity index (χ2v) is 6.46. The molecule has 0 radical (unpaired) electrons. The number of ether oxygens (including phenoxy) is 1. The van der Waals surface area contributed by atoms with E-state index in [9.17, 15) is 0 Å². The molecule has 2 aromatic rings. The third-order valence-corrected chi connectivity index (χ3v) is 4.50. The Labute approximate surface area is 155 Å². The number of guanidine groups is 1. The van der Waals surface area contributed by atoms with Crippen LogP contribution in [-0.2, 0) is 31.4 Å². The summed E-state index contributed by atoms with van der Waals surface area (Å²) in [5.41, 5.74) is 3.77. The average Bonchev–Trinajstić information content (AvgIpc) is 3.09. The van der Waals surface area contributed by atoms with Crippen molar-refractivity contribution in [1.29, 1.82) is 0 Å². The van der Waals surface area contributed by atoms with Crippen molar-refractivity contribution in [1.82, 2.24) is 25.3 Å². The molecule has 1 aliphatic heterocycles. The van der Waals surface area contributed by atoms with Crippen LogP contribution in [0, 0.1) is 0 Å². The molecule has 1 fully saturated rings. The lowest BCUT2D eigenvalue weighted by molar-refractivity contribution is 0.0341. The first-order chi connectivity index (χ1) is 12.7. The quantitative estimate of drug-likeness (QED) is 0.600. The molecule has 0 spiro atoms. The first-order valence-electron chi connectivity index (χ1n) is 9.03. The van der Waals surface area contributed by atoms with Crippen LogP contribution in [0.5, 0.6) is 0 Å². The molecule has 0 aliphatic carbocycles. The highest BCUT2D eigenvalue weighted by Gasteiger charge is 2.12. The number of nitrogens with zero attached hydrogens (tertiary/aromatic N) is 4. The van der Waals surface area contributed by atoms with E-state index in [4.69, 9.17) is 4.74 Å². The van der Waals surface area contributed by atoms with Crippen molar-refractivity contribution in [3.63, 3.8) is 0 Å². The lowest BCUT2D eigenvalue weighted by atomic mass is 10.1. The molecule has 1 aromatic carbocycles. The van der Waals surface area contributed by atoms with Crippen LogP contribution >= 0.6 is 0 Å². The summed E-state index contributed by atoms with van der Waals surface area (Å²) in [6, 6.07) is 8.58. The zero-order valence-corrected chi connectivity index (χ0v) is 15.6. The predicted octanol–water partition coefficient (Wildman–Crippen LogP) is 1.12. The molecule has 1 aliphatic rings. The number of hydrogen-bond donors (Lipinski definition) is 2. The highest BCUT2D eigenvalue weighted by atomic mass is 16.5. The number of hydrogen-bond acceptors (Lipinski definition) is 4. The predicted molar refractivity (Wildman–Crippen MR) is 103 cm³/mol. The van der Waals surface area contributed by atoms with Crippen molar-refractivity contribution in [2.24, 2.45) is 12.0 Å². The second-order valence-electron chi connectivity index (χ2n) is 6.46. The molecule has 0 unspecified atom stereocenters. The molecule has 2 N–H and O–H groups in total. The summed E-state index contributed by atoms with van der Waals surface area (Å²) in [6.45, 7) is 6.04. The third kappa shape index (κ3) is 5.31. The van der Waals surface area contributed by atoms with E-state index >= 15 is 0 Å². The van der Waals surface area contributed by atoms with E-state index in [2.05, 4.69) is 49.9 Å². The Morgan fingerprint density at radius 1 is 1.15 bits per heavy atom. The molecular formula is C19H28N6O. The summed E-state index contributed by atoms with van der Waals surface area (Å²) in [7, 11) is 3.71. The summed E-state index contributed by atoms with van der Waals surface area (Å²) in [4.78, 5) is 6.75. The molecule has 140 valence electrons. The molecule has 7 heteroatoms. The smallest absolute Gasteiger partial charge is 0.191 e. The van der Waals surface area contributed by atoms with E-state index < -0.39 is 0 Å². The van der Waals surface area contributed by atoms with Crippen LogP contribution < -0.4 is 10.6 Å². The van der Waals surface area contributed by atoms with Gasteiger partial charge in [0.25, 0.3) is 0 Å². The molecule has 1 saturated heterocycles. The second kappa shape index (κ2) is 9.35. The van der Waals surface area contributed by atoms with Crippen LogP contribution in [0.3, 0.4) is 0 Å². The number of aliphatic imine (C=N–C) groups is 1. The van der Waals surface area contributed by atoms with Gasteiger partial charge < -0.3 is 15.4 Å². The molecule has 1 aromatic heterocycles. The first-order valence-corrected chi connectivity index (χ1v) is 9.03. The van der Waals surface area contributed by atoms with E-state index in [0.717, 1.165) is 50.9 Å². The average molecular weight is 356 g/mol. The molecule has 0 saturated carbocycles. The highest BCUT2D eigenvalue weighted by molar-refractivity contribution is 5.79.